The van der Waals surface area contributed by atoms with Crippen molar-refractivity contribution in [2.75, 3.05) is 22.9 Å². The molecule has 0 bridgehead atoms. The lowest BCUT2D eigenvalue weighted by atomic mass is 9.67. The molecule has 48 heavy (non-hydrogen) atoms. The minimum Gasteiger partial charge on any atom is -0.330 e. The van der Waals surface area contributed by atoms with Gasteiger partial charge in [-0.1, -0.05) is 140 Å². The zero-order valence-corrected chi connectivity index (χ0v) is 27.2. The normalized spacial score (nSPS) is 17.8. The van der Waals surface area contributed by atoms with Gasteiger partial charge in [0.2, 0.25) is 0 Å². The number of hydrogen-bond donors (Lipinski definition) is 0. The van der Waals surface area contributed by atoms with Crippen molar-refractivity contribution >= 4 is 39.7 Å². The predicted molar refractivity (Wildman–Crippen MR) is 199 cm³/mol. The second kappa shape index (κ2) is 12.4. The third-order valence-electron chi connectivity index (χ3n) is 9.53. The van der Waals surface area contributed by atoms with Crippen molar-refractivity contribution < 1.29 is 0 Å². The van der Waals surface area contributed by atoms with Crippen LogP contribution in [0.4, 0.5) is 11.6 Å². The zero-order valence-electron chi connectivity index (χ0n) is 27.2. The third-order valence-corrected chi connectivity index (χ3v) is 9.53. The van der Waals surface area contributed by atoms with E-state index in [0.29, 0.717) is 0 Å². The predicted octanol–water partition coefficient (Wildman–Crippen LogP) is 9.19. The van der Waals surface area contributed by atoms with Gasteiger partial charge in [0.25, 0.3) is 0 Å². The van der Waals surface area contributed by atoms with E-state index < -0.39 is 5.41 Å². The Morgan fingerprint density at radius 2 is 1.02 bits per heavy atom. The van der Waals surface area contributed by atoms with Crippen LogP contribution in [0.25, 0.3) is 22.3 Å². The highest BCUT2D eigenvalue weighted by Gasteiger charge is 2.47. The fourth-order valence-corrected chi connectivity index (χ4v) is 7.36. The first-order valence-corrected chi connectivity index (χ1v) is 16.8. The molecule has 5 nitrogen and oxygen atoms in total. The number of hydrogen-bond acceptors (Lipinski definition) is 5. The molecule has 0 aliphatic carbocycles. The fourth-order valence-electron chi connectivity index (χ4n) is 7.36. The van der Waals surface area contributed by atoms with Crippen LogP contribution in [-0.4, -0.2) is 34.9 Å². The molecule has 0 fully saturated rings. The van der Waals surface area contributed by atoms with Crippen molar-refractivity contribution in [3.8, 4) is 0 Å². The summed E-state index contributed by atoms with van der Waals surface area (Å²) in [5, 5.41) is 0. The summed E-state index contributed by atoms with van der Waals surface area (Å²) in [7, 11) is 0. The van der Waals surface area contributed by atoms with Crippen LogP contribution in [0, 0.1) is 0 Å². The summed E-state index contributed by atoms with van der Waals surface area (Å²) < 4.78 is 0. The molecule has 8 rings (SSSR count). The smallest absolute Gasteiger partial charge is 0.174 e. The number of rotatable bonds is 8. The lowest BCUT2D eigenvalue weighted by Gasteiger charge is -2.35. The largest absolute Gasteiger partial charge is 0.330 e. The lowest BCUT2D eigenvalue weighted by Crippen LogP contribution is -2.43. The van der Waals surface area contributed by atoms with Gasteiger partial charge < -0.3 is 9.80 Å². The van der Waals surface area contributed by atoms with E-state index in [0.717, 1.165) is 69.4 Å². The van der Waals surface area contributed by atoms with Gasteiger partial charge in [0.05, 0.1) is 27.9 Å². The van der Waals surface area contributed by atoms with Gasteiger partial charge in [0.15, 0.2) is 11.6 Å². The zero-order chi connectivity index (χ0) is 32.5. The minimum absolute atomic E-state index is 0.0813. The Morgan fingerprint density at radius 1 is 0.562 bits per heavy atom. The van der Waals surface area contributed by atoms with Gasteiger partial charge in [-0.15, -0.1) is 0 Å². The summed E-state index contributed by atoms with van der Waals surface area (Å²) in [6.45, 7) is 5.98. The van der Waals surface area contributed by atoms with Crippen molar-refractivity contribution in [1.82, 2.24) is 9.97 Å². The molecular formula is C43H37N5. The molecule has 0 amide bonds. The molecule has 5 aromatic carbocycles. The van der Waals surface area contributed by atoms with E-state index in [1.54, 1.807) is 0 Å². The number of para-hydroxylation sites is 2. The number of nitrogens with zero attached hydrogens (tertiary/aromatic N) is 5. The molecule has 1 atom stereocenters. The number of anilines is 2. The quantitative estimate of drug-likeness (QED) is 0.159. The average molecular weight is 624 g/mol. The minimum atomic E-state index is -0.700. The molecular weight excluding hydrogens is 587 g/mol. The van der Waals surface area contributed by atoms with Crippen molar-refractivity contribution in [3.05, 3.63) is 180 Å². The Bertz CT molecular complexity index is 2110. The summed E-state index contributed by atoms with van der Waals surface area (Å²) in [4.78, 5) is 20.6. The highest BCUT2D eigenvalue weighted by Crippen LogP contribution is 2.52. The lowest BCUT2D eigenvalue weighted by molar-refractivity contribution is 0.684. The van der Waals surface area contributed by atoms with E-state index >= 15 is 0 Å². The van der Waals surface area contributed by atoms with Gasteiger partial charge >= 0.3 is 0 Å². The van der Waals surface area contributed by atoms with Crippen LogP contribution >= 0.6 is 0 Å². The molecule has 5 heteroatoms. The molecule has 234 valence electrons. The summed E-state index contributed by atoms with van der Waals surface area (Å²) in [5.74, 6) is 1.85. The number of aromatic nitrogens is 2. The monoisotopic (exact) mass is 623 g/mol. The van der Waals surface area contributed by atoms with E-state index in [-0.39, 0.29) is 6.17 Å². The Morgan fingerprint density at radius 3 is 1.54 bits per heavy atom. The first kappa shape index (κ1) is 29.6. The maximum Gasteiger partial charge on any atom is 0.174 e. The van der Waals surface area contributed by atoms with E-state index in [1.807, 2.05) is 24.3 Å². The van der Waals surface area contributed by atoms with E-state index in [2.05, 4.69) is 157 Å². The van der Waals surface area contributed by atoms with Gasteiger partial charge in [0, 0.05) is 24.2 Å². The van der Waals surface area contributed by atoms with Crippen LogP contribution in [0.15, 0.2) is 163 Å². The second-order valence-corrected chi connectivity index (χ2v) is 12.2. The van der Waals surface area contributed by atoms with Crippen LogP contribution < -0.4 is 9.80 Å². The molecule has 0 spiro atoms. The summed E-state index contributed by atoms with van der Waals surface area (Å²) in [6, 6.07) is 51.0. The molecule has 0 radical (unpaired) electrons. The fraction of sp³-hybridized carbons (Fsp3) is 0.140. The SMILES string of the molecule is CCN1c2nc3ccccc3nc2N(CC)C1/C=C/C1(c2ccccc2)C(c2ccccc2)=NC(c2ccccc2)=C1c1ccccc1. The Hall–Kier alpha value is -5.81. The van der Waals surface area contributed by atoms with E-state index in [4.69, 9.17) is 15.0 Å². The molecule has 6 aromatic rings. The van der Waals surface area contributed by atoms with Crippen LogP contribution in [0.5, 0.6) is 0 Å². The summed E-state index contributed by atoms with van der Waals surface area (Å²) >= 11 is 0. The van der Waals surface area contributed by atoms with Gasteiger partial charge in [-0.25, -0.2) is 9.97 Å². The van der Waals surface area contributed by atoms with Gasteiger partial charge in [-0.3, -0.25) is 4.99 Å². The van der Waals surface area contributed by atoms with E-state index in [1.165, 1.54) is 5.57 Å². The van der Waals surface area contributed by atoms with E-state index in [9.17, 15) is 0 Å². The van der Waals surface area contributed by atoms with Gasteiger partial charge in [0.1, 0.15) is 6.17 Å². The molecule has 1 unspecified atom stereocenters. The first-order chi connectivity index (χ1) is 23.7. The maximum atomic E-state index is 5.61. The molecule has 0 saturated heterocycles. The number of aliphatic imine (C=N–C) groups is 1. The number of allylic oxidation sites excluding steroid dienone is 2. The maximum absolute atomic E-state index is 5.61. The summed E-state index contributed by atoms with van der Waals surface area (Å²) in [5.41, 5.74) is 8.77. The molecule has 0 saturated carbocycles. The Kier molecular flexibility index (Phi) is 7.65. The van der Waals surface area contributed by atoms with Crippen molar-refractivity contribution in [2.24, 2.45) is 4.99 Å². The number of fused-ring (bicyclic) bond motifs is 2. The molecule has 0 N–H and O–H groups in total. The van der Waals surface area contributed by atoms with Crippen molar-refractivity contribution in [3.63, 3.8) is 0 Å². The highest BCUT2D eigenvalue weighted by molar-refractivity contribution is 6.26. The Labute approximate surface area is 282 Å². The standard InChI is InChI=1S/C43H37N5/c1-3-47-37(48(4-2)42-41(47)44-35-27-17-18-28-36(35)45-42)29-30-43(34-25-15-8-16-26-34)38(31-19-9-5-10-20-31)39(32-21-11-6-12-22-32)46-40(43)33-23-13-7-14-24-33/h5-30,37H,3-4H2,1-2H3/b30-29+. The molecule has 3 heterocycles. The van der Waals surface area contributed by atoms with Crippen molar-refractivity contribution in [2.45, 2.75) is 25.4 Å². The molecule has 2 aliphatic rings. The van der Waals surface area contributed by atoms with Gasteiger partial charge in [-0.05, 0) is 48.7 Å². The van der Waals surface area contributed by atoms with Gasteiger partial charge in [-0.2, -0.15) is 0 Å². The Balaban J connectivity index is 1.40. The van der Waals surface area contributed by atoms with Crippen molar-refractivity contribution in [1.29, 1.82) is 0 Å². The second-order valence-electron chi connectivity index (χ2n) is 12.2. The number of benzene rings is 5. The highest BCUT2D eigenvalue weighted by atomic mass is 15.5. The topological polar surface area (TPSA) is 44.6 Å². The van der Waals surface area contributed by atoms with Crippen LogP contribution in [0.2, 0.25) is 0 Å². The van der Waals surface area contributed by atoms with Crippen LogP contribution in [-0.2, 0) is 5.41 Å². The first-order valence-electron chi connectivity index (χ1n) is 16.8. The van der Waals surface area contributed by atoms with Crippen LogP contribution in [0.1, 0.15) is 36.1 Å². The number of likely N-dealkylation sites (N-methyl/N-ethyl adjacent to an activating group) is 2. The molecule has 2 aliphatic heterocycles. The summed E-state index contributed by atoms with van der Waals surface area (Å²) in [6.07, 6.45) is 4.69. The molecule has 1 aromatic heterocycles. The third kappa shape index (κ3) is 4.82. The van der Waals surface area contributed by atoms with Crippen LogP contribution in [0.3, 0.4) is 0 Å². The average Bonchev–Trinajstić information content (AvgIpc) is 3.66.